The van der Waals surface area contributed by atoms with E-state index in [2.05, 4.69) is 0 Å². The van der Waals surface area contributed by atoms with Crippen molar-refractivity contribution in [2.24, 2.45) is 0 Å². The van der Waals surface area contributed by atoms with Crippen LogP contribution in [0.5, 0.6) is 0 Å². The van der Waals surface area contributed by atoms with E-state index >= 15 is 0 Å². The Hall–Kier alpha value is -2.93. The molecule has 0 radical (unpaired) electrons. The zero-order valence-electron chi connectivity index (χ0n) is 16.0. The molecular weight excluding hydrogens is 390 g/mol. The number of hydrogen-bond donors (Lipinski definition) is 0. The molecule has 1 unspecified atom stereocenters. The van der Waals surface area contributed by atoms with Crippen LogP contribution in [0.3, 0.4) is 0 Å². The van der Waals surface area contributed by atoms with Crippen molar-refractivity contribution in [3.63, 3.8) is 0 Å². The summed E-state index contributed by atoms with van der Waals surface area (Å²) in [7, 11) is -3.18. The average molecular weight is 411 g/mol. The summed E-state index contributed by atoms with van der Waals surface area (Å²) >= 11 is 0. The Morgan fingerprint density at radius 3 is 2.59 bits per heavy atom. The standard InChI is InChI=1S/C22H21NO5S/c1-15-7-8-20-18(11-15)19(24)12-21(28-20)22(25)23(13-16-5-3-2-4-6-16)17-9-10-29(26,27)14-17/h2-8,11-12,17H,9-10,13-14H2,1H3. The number of amides is 1. The van der Waals surface area contributed by atoms with Crippen LogP contribution in [0.1, 0.15) is 28.1 Å². The number of aryl methyl sites for hydroxylation is 1. The molecule has 29 heavy (non-hydrogen) atoms. The summed E-state index contributed by atoms with van der Waals surface area (Å²) < 4.78 is 29.8. The van der Waals surface area contributed by atoms with Crippen LogP contribution in [0.15, 0.2) is 63.8 Å². The van der Waals surface area contributed by atoms with Gasteiger partial charge in [-0.25, -0.2) is 8.42 Å². The first-order chi connectivity index (χ1) is 13.8. The highest BCUT2D eigenvalue weighted by Gasteiger charge is 2.36. The summed E-state index contributed by atoms with van der Waals surface area (Å²) in [6, 6.07) is 15.3. The van der Waals surface area contributed by atoms with Gasteiger partial charge in [0.15, 0.2) is 21.0 Å². The van der Waals surface area contributed by atoms with Gasteiger partial charge in [-0.15, -0.1) is 0 Å². The van der Waals surface area contributed by atoms with Gasteiger partial charge >= 0.3 is 0 Å². The van der Waals surface area contributed by atoms with Crippen LogP contribution < -0.4 is 5.43 Å². The molecular formula is C22H21NO5S. The monoisotopic (exact) mass is 411 g/mol. The fourth-order valence-corrected chi connectivity index (χ4v) is 5.42. The third kappa shape index (κ3) is 4.10. The quantitative estimate of drug-likeness (QED) is 0.659. The molecule has 2 heterocycles. The molecule has 150 valence electrons. The van der Waals surface area contributed by atoms with E-state index in [1.165, 1.54) is 11.0 Å². The minimum absolute atomic E-state index is 0.0528. The minimum Gasteiger partial charge on any atom is -0.451 e. The Kier molecular flexibility index (Phi) is 5.00. The van der Waals surface area contributed by atoms with E-state index < -0.39 is 21.8 Å². The lowest BCUT2D eigenvalue weighted by atomic mass is 10.1. The van der Waals surface area contributed by atoms with Gasteiger partial charge in [-0.2, -0.15) is 0 Å². The molecule has 0 spiro atoms. The van der Waals surface area contributed by atoms with Gasteiger partial charge in [-0.05, 0) is 31.0 Å². The molecule has 1 atom stereocenters. The van der Waals surface area contributed by atoms with Crippen molar-refractivity contribution in [3.8, 4) is 0 Å². The summed E-state index contributed by atoms with van der Waals surface area (Å²) in [5.41, 5.74) is 1.84. The highest BCUT2D eigenvalue weighted by atomic mass is 32.2. The molecule has 3 aromatic rings. The van der Waals surface area contributed by atoms with E-state index in [-0.39, 0.29) is 29.2 Å². The van der Waals surface area contributed by atoms with Crippen molar-refractivity contribution in [2.75, 3.05) is 11.5 Å². The fraction of sp³-hybridized carbons (Fsp3) is 0.273. The van der Waals surface area contributed by atoms with Gasteiger partial charge in [0.1, 0.15) is 5.58 Å². The summed E-state index contributed by atoms with van der Waals surface area (Å²) in [6.45, 7) is 2.12. The van der Waals surface area contributed by atoms with Crippen LogP contribution in [0.2, 0.25) is 0 Å². The van der Waals surface area contributed by atoms with E-state index in [0.29, 0.717) is 17.4 Å². The molecule has 6 nitrogen and oxygen atoms in total. The number of carbonyl (C=O) groups is 1. The van der Waals surface area contributed by atoms with E-state index in [1.807, 2.05) is 43.3 Å². The number of carbonyl (C=O) groups excluding carboxylic acids is 1. The molecule has 0 N–H and O–H groups in total. The van der Waals surface area contributed by atoms with Gasteiger partial charge in [-0.3, -0.25) is 9.59 Å². The van der Waals surface area contributed by atoms with Gasteiger partial charge in [0, 0.05) is 18.7 Å². The molecule has 0 bridgehead atoms. The zero-order valence-corrected chi connectivity index (χ0v) is 16.8. The molecule has 1 amide bonds. The molecule has 1 fully saturated rings. The molecule has 1 aliphatic rings. The van der Waals surface area contributed by atoms with E-state index in [4.69, 9.17) is 4.42 Å². The van der Waals surface area contributed by atoms with Crippen LogP contribution in [-0.4, -0.2) is 36.8 Å². The predicted molar refractivity (Wildman–Crippen MR) is 111 cm³/mol. The summed E-state index contributed by atoms with van der Waals surface area (Å²) in [4.78, 5) is 27.4. The third-order valence-corrected chi connectivity index (χ3v) is 6.95. The Bertz CT molecular complexity index is 1230. The highest BCUT2D eigenvalue weighted by molar-refractivity contribution is 7.91. The maximum atomic E-state index is 13.3. The fourth-order valence-electron chi connectivity index (χ4n) is 3.69. The SMILES string of the molecule is Cc1ccc2oc(C(=O)N(Cc3ccccc3)C3CCS(=O)(=O)C3)cc(=O)c2c1. The van der Waals surface area contributed by atoms with Crippen molar-refractivity contribution in [1.82, 2.24) is 4.90 Å². The number of benzene rings is 2. The number of sulfone groups is 1. The van der Waals surface area contributed by atoms with E-state index in [1.54, 1.807) is 12.1 Å². The molecule has 0 saturated carbocycles. The molecule has 4 rings (SSSR count). The van der Waals surface area contributed by atoms with Crippen molar-refractivity contribution in [3.05, 3.63) is 81.7 Å². The first-order valence-electron chi connectivity index (χ1n) is 9.42. The van der Waals surface area contributed by atoms with E-state index in [0.717, 1.165) is 11.1 Å². The Labute approximate surface area is 168 Å². The van der Waals surface area contributed by atoms with Crippen molar-refractivity contribution >= 4 is 26.7 Å². The molecule has 2 aromatic carbocycles. The summed E-state index contributed by atoms with van der Waals surface area (Å²) in [6.07, 6.45) is 0.373. The lowest BCUT2D eigenvalue weighted by molar-refractivity contribution is 0.0648. The minimum atomic E-state index is -3.18. The first kappa shape index (κ1) is 19.4. The Balaban J connectivity index is 1.74. The summed E-state index contributed by atoms with van der Waals surface area (Å²) in [5, 5.41) is 0.416. The Morgan fingerprint density at radius 1 is 1.14 bits per heavy atom. The largest absolute Gasteiger partial charge is 0.451 e. The number of hydrogen-bond acceptors (Lipinski definition) is 5. The highest BCUT2D eigenvalue weighted by Crippen LogP contribution is 2.23. The summed E-state index contributed by atoms with van der Waals surface area (Å²) in [5.74, 6) is -0.582. The molecule has 1 aliphatic heterocycles. The van der Waals surface area contributed by atoms with Gasteiger partial charge in [0.2, 0.25) is 0 Å². The molecule has 1 saturated heterocycles. The molecule has 1 aromatic heterocycles. The lowest BCUT2D eigenvalue weighted by Gasteiger charge is -2.28. The van der Waals surface area contributed by atoms with Crippen LogP contribution in [0.4, 0.5) is 0 Å². The van der Waals surface area contributed by atoms with Gasteiger partial charge < -0.3 is 9.32 Å². The number of rotatable bonds is 4. The topological polar surface area (TPSA) is 84.7 Å². The average Bonchev–Trinajstić information content (AvgIpc) is 3.06. The smallest absolute Gasteiger partial charge is 0.290 e. The normalized spacial score (nSPS) is 18.0. The lowest BCUT2D eigenvalue weighted by Crippen LogP contribution is -2.40. The molecule has 0 aliphatic carbocycles. The number of fused-ring (bicyclic) bond motifs is 1. The predicted octanol–water partition coefficient (Wildman–Crippen LogP) is 2.93. The van der Waals surface area contributed by atoms with Gasteiger partial charge in [0.05, 0.1) is 16.9 Å². The van der Waals surface area contributed by atoms with Gasteiger partial charge in [0.25, 0.3) is 5.91 Å². The third-order valence-electron chi connectivity index (χ3n) is 5.20. The second-order valence-electron chi connectivity index (χ2n) is 7.45. The van der Waals surface area contributed by atoms with E-state index in [9.17, 15) is 18.0 Å². The second kappa shape index (κ2) is 7.48. The van der Waals surface area contributed by atoms with Crippen molar-refractivity contribution in [2.45, 2.75) is 25.9 Å². The van der Waals surface area contributed by atoms with Gasteiger partial charge in [-0.1, -0.05) is 42.0 Å². The van der Waals surface area contributed by atoms with Crippen LogP contribution in [-0.2, 0) is 16.4 Å². The second-order valence-corrected chi connectivity index (χ2v) is 9.68. The molecule has 7 heteroatoms. The van der Waals surface area contributed by atoms with Crippen LogP contribution in [0.25, 0.3) is 11.0 Å². The van der Waals surface area contributed by atoms with Crippen molar-refractivity contribution < 1.29 is 17.6 Å². The van der Waals surface area contributed by atoms with Crippen LogP contribution in [0, 0.1) is 6.92 Å². The first-order valence-corrected chi connectivity index (χ1v) is 11.2. The van der Waals surface area contributed by atoms with Crippen molar-refractivity contribution in [1.29, 1.82) is 0 Å². The Morgan fingerprint density at radius 2 is 1.90 bits per heavy atom. The van der Waals surface area contributed by atoms with Crippen LogP contribution >= 0.6 is 0 Å². The maximum absolute atomic E-state index is 13.3. The number of nitrogens with zero attached hydrogens (tertiary/aromatic N) is 1. The maximum Gasteiger partial charge on any atom is 0.290 e. The zero-order chi connectivity index (χ0) is 20.6.